The van der Waals surface area contributed by atoms with E-state index in [1.54, 1.807) is 52.0 Å². The van der Waals surface area contributed by atoms with Crippen LogP contribution in [0.3, 0.4) is 0 Å². The second kappa shape index (κ2) is 31.8. The van der Waals surface area contributed by atoms with Crippen LogP contribution in [0.15, 0.2) is 98.5 Å². The second-order valence-corrected chi connectivity index (χ2v) is 17.6. The molecule has 0 bridgehead atoms. The first-order chi connectivity index (χ1) is 32.9. The van der Waals surface area contributed by atoms with Crippen LogP contribution in [-0.4, -0.2) is 75.4 Å². The van der Waals surface area contributed by atoms with Crippen LogP contribution in [-0.2, 0) is 9.53 Å². The summed E-state index contributed by atoms with van der Waals surface area (Å²) in [6, 6.07) is 20.2. The number of aryl methyl sites for hydroxylation is 2. The van der Waals surface area contributed by atoms with Crippen molar-refractivity contribution in [3.05, 3.63) is 148 Å². The minimum absolute atomic E-state index is 0. The van der Waals surface area contributed by atoms with E-state index in [0.717, 1.165) is 47.3 Å². The fraction of sp³-hybridized carbons (Fsp3) is 0.444. The predicted octanol–water partition coefficient (Wildman–Crippen LogP) is 9.10. The minimum Gasteiger partial charge on any atom is -0.870 e. The average Bonchev–Trinajstić information content (AvgIpc) is 3.66. The fourth-order valence-corrected chi connectivity index (χ4v) is 7.63. The van der Waals surface area contributed by atoms with Gasteiger partial charge in [-0.3, -0.25) is 28.5 Å². The molecular formula is C54H74F2KN8O6-3. The quantitative estimate of drug-likeness (QED) is 0.0772. The normalized spacial score (nSPS) is 17.1. The number of carbonyl (C=O) groups is 2. The number of hydrogen-bond donors (Lipinski definition) is 3. The molecule has 71 heavy (non-hydrogen) atoms. The van der Waals surface area contributed by atoms with E-state index >= 15 is 0 Å². The van der Waals surface area contributed by atoms with Gasteiger partial charge in [-0.1, -0.05) is 50.2 Å². The number of aromatic amines is 2. The van der Waals surface area contributed by atoms with Gasteiger partial charge in [-0.2, -0.15) is 26.1 Å². The Balaban J connectivity index is 0.000000543. The summed E-state index contributed by atoms with van der Waals surface area (Å²) in [5, 5.41) is 4.60. The molecule has 0 radical (unpaired) electrons. The van der Waals surface area contributed by atoms with Crippen molar-refractivity contribution in [2.75, 3.05) is 31.6 Å². The van der Waals surface area contributed by atoms with Crippen LogP contribution in [0.2, 0.25) is 0 Å². The number of nitrogens with zero attached hydrogens (tertiary/aromatic N) is 4. The summed E-state index contributed by atoms with van der Waals surface area (Å²) < 4.78 is 37.2. The Bertz CT molecular complexity index is 2520. The standard InChI is InChI=1S/C27H31FN4O.C11H11FNO.C7H14O.C6H8N2O2.C2H5.CH4N.K.H2O/c1-5-16(2)26(30-20-12-17(3)25(28)18(4)13-20)21-15-32(11-10-22(21)29)27(33)24-14-19-8-6-7-9-23(19)31-24;1-3-8-13(9(2)14)11-7-5-4-6-10(11)12;1-7(2)5-3-4-6-8-7;1-3-2-4(3)5-7-6(9)10-8-5;2*1-2;;/h6-9,12-14,16,31H,5,10-11,15,29H2,1-4H3;3,5-8H,1-2H3;3-6H2,1-2H3;3-4H,2H2,1H3,(H,7,8,9);1H2,2H3;2H,1H3;;1H2/q;-1;;;2*-1;+1;/p-1/b;8-3-;;;;;;. The van der Waals surface area contributed by atoms with Gasteiger partial charge in [0.1, 0.15) is 11.5 Å². The number of hydrogen-bond acceptors (Lipinski definition) is 9. The monoisotopic (exact) mass is 1010 g/mol. The summed E-state index contributed by atoms with van der Waals surface area (Å²) >= 11 is 0. The molecule has 384 valence electrons. The van der Waals surface area contributed by atoms with E-state index in [9.17, 15) is 23.2 Å². The molecular weight excluding hydrogens is 934 g/mol. The number of ether oxygens (including phenoxy) is 1. The van der Waals surface area contributed by atoms with Gasteiger partial charge in [-0.25, -0.2) is 9.18 Å². The summed E-state index contributed by atoms with van der Waals surface area (Å²) in [5.74, 6) is 0.554. The number of benzene rings is 3. The number of allylic oxidation sites excluding steroid dienone is 1. The van der Waals surface area contributed by atoms with Crippen LogP contribution in [0, 0.1) is 50.3 Å². The van der Waals surface area contributed by atoms with Crippen molar-refractivity contribution in [1.29, 1.82) is 0 Å². The number of H-pyrrole nitrogens is 2. The molecule has 2 amide bonds. The molecule has 0 spiro atoms. The van der Waals surface area contributed by atoms with Crippen LogP contribution < -0.4 is 67.8 Å². The summed E-state index contributed by atoms with van der Waals surface area (Å²) in [6.07, 6.45) is 9.62. The van der Waals surface area contributed by atoms with Gasteiger partial charge < -0.3 is 43.4 Å². The number of fused-ring (bicyclic) bond motifs is 1. The number of aliphatic imine (C=N–C) groups is 1. The van der Waals surface area contributed by atoms with E-state index < -0.39 is 11.6 Å². The van der Waals surface area contributed by atoms with Gasteiger partial charge in [0.2, 0.25) is 5.91 Å². The van der Waals surface area contributed by atoms with Gasteiger partial charge in [0.05, 0.1) is 17.0 Å². The number of amides is 2. The van der Waals surface area contributed by atoms with Crippen molar-refractivity contribution in [2.45, 2.75) is 119 Å². The minimum atomic E-state index is -0.458. The zero-order valence-corrected chi connectivity index (χ0v) is 47.0. The molecule has 3 unspecified atom stereocenters. The molecule has 6 N–H and O–H groups in total. The molecule has 4 heterocycles. The Morgan fingerprint density at radius 2 is 1.76 bits per heavy atom. The number of halogens is 2. The summed E-state index contributed by atoms with van der Waals surface area (Å²) in [7, 11) is 1.25. The van der Waals surface area contributed by atoms with Crippen LogP contribution in [0.4, 0.5) is 20.2 Å². The first-order valence-corrected chi connectivity index (χ1v) is 23.6. The molecule has 1 saturated heterocycles. The molecule has 2 fully saturated rings. The molecule has 5 aromatic rings. The van der Waals surface area contributed by atoms with E-state index in [1.165, 1.54) is 56.5 Å². The number of nitrogens with one attached hydrogen (secondary N) is 3. The maximum atomic E-state index is 14.1. The first kappa shape index (κ1) is 64.4. The van der Waals surface area contributed by atoms with Gasteiger partial charge in [-0.05, 0) is 120 Å². The average molecular weight is 1010 g/mol. The summed E-state index contributed by atoms with van der Waals surface area (Å²) in [6.45, 7) is 24.2. The number of rotatable bonds is 8. The number of carbonyl (C=O) groups excluding carboxylic acids is 2. The number of anilines is 1. The Morgan fingerprint density at radius 3 is 2.25 bits per heavy atom. The smallest absolute Gasteiger partial charge is 0.870 e. The van der Waals surface area contributed by atoms with E-state index in [4.69, 9.17) is 21.2 Å². The third-order valence-electron chi connectivity index (χ3n) is 11.8. The molecule has 2 aromatic heterocycles. The molecule has 3 aromatic carbocycles. The van der Waals surface area contributed by atoms with Crippen molar-refractivity contribution in [3.8, 4) is 0 Å². The Labute approximate surface area is 461 Å². The number of para-hydroxylation sites is 1. The largest absolute Gasteiger partial charge is 1.00 e. The van der Waals surface area contributed by atoms with Gasteiger partial charge in [0, 0.05) is 73.1 Å². The molecule has 3 aliphatic rings. The molecule has 17 heteroatoms. The maximum absolute atomic E-state index is 14.1. The molecule has 2 aliphatic heterocycles. The Kier molecular flexibility index (Phi) is 28.8. The van der Waals surface area contributed by atoms with Crippen molar-refractivity contribution in [3.63, 3.8) is 0 Å². The van der Waals surface area contributed by atoms with Gasteiger partial charge in [-0.15, -0.1) is 12.1 Å². The molecule has 1 aliphatic carbocycles. The first-order valence-electron chi connectivity index (χ1n) is 23.6. The fourth-order valence-electron chi connectivity index (χ4n) is 7.63. The Morgan fingerprint density at radius 1 is 1.11 bits per heavy atom. The van der Waals surface area contributed by atoms with E-state index in [0.29, 0.717) is 59.7 Å². The predicted molar refractivity (Wildman–Crippen MR) is 276 cm³/mol. The van der Waals surface area contributed by atoms with E-state index in [-0.39, 0.29) is 91.7 Å². The maximum Gasteiger partial charge on any atom is 1.00 e. The van der Waals surface area contributed by atoms with Crippen LogP contribution >= 0.6 is 0 Å². The zero-order chi connectivity index (χ0) is 51.4. The molecule has 8 rings (SSSR count). The van der Waals surface area contributed by atoms with Crippen molar-refractivity contribution in [1.82, 2.24) is 20.0 Å². The third-order valence-corrected chi connectivity index (χ3v) is 11.8. The number of aromatic nitrogens is 3. The SMILES string of the molecule is C/C=C\N(C(C)=O)c1cc[c-]cc1F.CC1(C)CCCCO1.CC1CC1c1noc(=O)[nH]1.CCC(C)C(=Nc1cc(C)c(F)c(C)c1)C1=C(N)CCN(C(=O)c2cc3ccccc3[nH]2)C1.C[NH-].[CH2-]C.[K+].[OH-]. The van der Waals surface area contributed by atoms with Crippen molar-refractivity contribution >= 4 is 39.8 Å². The number of nitrogens with two attached hydrogens (primary N) is 1. The Hall–Kier alpha value is -4.59. The van der Waals surface area contributed by atoms with Crippen LogP contribution in [0.5, 0.6) is 0 Å². The van der Waals surface area contributed by atoms with E-state index in [2.05, 4.69) is 67.3 Å². The van der Waals surface area contributed by atoms with Gasteiger partial charge in [0.15, 0.2) is 5.82 Å². The van der Waals surface area contributed by atoms with Gasteiger partial charge >= 0.3 is 57.1 Å². The van der Waals surface area contributed by atoms with Gasteiger partial charge in [0.25, 0.3) is 5.91 Å². The van der Waals surface area contributed by atoms with E-state index in [1.807, 2.05) is 35.2 Å². The summed E-state index contributed by atoms with van der Waals surface area (Å²) in [4.78, 5) is 48.7. The van der Waals surface area contributed by atoms with Crippen molar-refractivity contribution in [2.24, 2.45) is 22.6 Å². The topological polar surface area (TPSA) is 217 Å². The molecule has 1 saturated carbocycles. The molecule has 14 nitrogen and oxygen atoms in total. The van der Waals surface area contributed by atoms with Crippen molar-refractivity contribution < 1.29 is 84.5 Å². The van der Waals surface area contributed by atoms with Crippen LogP contribution in [0.25, 0.3) is 16.6 Å². The van der Waals surface area contributed by atoms with Crippen LogP contribution in [0.1, 0.15) is 127 Å². The zero-order valence-electron chi connectivity index (χ0n) is 43.8. The second-order valence-electron chi connectivity index (χ2n) is 17.6. The summed E-state index contributed by atoms with van der Waals surface area (Å²) in [5.41, 5.74) is 18.5. The third kappa shape index (κ3) is 19.4. The molecule has 3 atom stereocenters.